The van der Waals surface area contributed by atoms with Crippen molar-refractivity contribution in [2.75, 3.05) is 0 Å². The van der Waals surface area contributed by atoms with Crippen LogP contribution in [0.5, 0.6) is 0 Å². The van der Waals surface area contributed by atoms with Crippen LogP contribution in [0.4, 0.5) is 4.39 Å². The lowest BCUT2D eigenvalue weighted by molar-refractivity contribution is 0.0691. The van der Waals surface area contributed by atoms with Gasteiger partial charge in [0.1, 0.15) is 11.5 Å². The van der Waals surface area contributed by atoms with Gasteiger partial charge in [-0.1, -0.05) is 53.7 Å². The number of hydrogen-bond acceptors (Lipinski definition) is 3. The number of halogens is 1. The van der Waals surface area contributed by atoms with Gasteiger partial charge in [-0.25, -0.2) is 13.9 Å². The highest BCUT2D eigenvalue weighted by atomic mass is 19.1. The number of benzene rings is 2. The molecule has 0 fully saturated rings. The van der Waals surface area contributed by atoms with Crippen LogP contribution >= 0.6 is 0 Å². The molecule has 0 amide bonds. The lowest BCUT2D eigenvalue weighted by Gasteiger charge is -2.08. The predicted octanol–water partition coefficient (Wildman–Crippen LogP) is 2.83. The summed E-state index contributed by atoms with van der Waals surface area (Å²) in [6.45, 7) is 0.108. The van der Waals surface area contributed by atoms with Gasteiger partial charge in [0.05, 0.1) is 6.54 Å². The Morgan fingerprint density at radius 1 is 1.09 bits per heavy atom. The fraction of sp³-hybridized carbons (Fsp3) is 0.0625. The van der Waals surface area contributed by atoms with Crippen molar-refractivity contribution in [1.82, 2.24) is 15.0 Å². The molecule has 0 bridgehead atoms. The zero-order valence-electron chi connectivity index (χ0n) is 11.5. The van der Waals surface area contributed by atoms with Gasteiger partial charge in [0.2, 0.25) is 0 Å². The molecule has 1 aromatic heterocycles. The number of aromatic carboxylic acids is 1. The van der Waals surface area contributed by atoms with Gasteiger partial charge in [-0.05, 0) is 6.07 Å². The van der Waals surface area contributed by atoms with E-state index in [2.05, 4.69) is 10.3 Å². The zero-order chi connectivity index (χ0) is 15.5. The third-order valence-corrected chi connectivity index (χ3v) is 3.26. The summed E-state index contributed by atoms with van der Waals surface area (Å²) in [5.74, 6) is -1.53. The Bertz CT molecular complexity index is 815. The van der Waals surface area contributed by atoms with Crippen LogP contribution < -0.4 is 0 Å². The molecule has 0 aliphatic heterocycles. The first-order valence-corrected chi connectivity index (χ1v) is 6.62. The maximum Gasteiger partial charge on any atom is 0.358 e. The standard InChI is InChI=1S/C16H12FN3O2/c17-13-9-5-4-8-12(13)10-20-15(11-6-2-1-3-7-11)14(16(21)22)18-19-20/h1-9H,10H2,(H,21,22). The van der Waals surface area contributed by atoms with E-state index >= 15 is 0 Å². The Balaban J connectivity index is 2.09. The largest absolute Gasteiger partial charge is 0.476 e. The molecular weight excluding hydrogens is 285 g/mol. The van der Waals surface area contributed by atoms with Gasteiger partial charge in [0, 0.05) is 11.1 Å². The molecule has 22 heavy (non-hydrogen) atoms. The van der Waals surface area contributed by atoms with Crippen LogP contribution in [0, 0.1) is 5.82 Å². The number of carboxylic acid groups (broad SMARTS) is 1. The monoisotopic (exact) mass is 297 g/mol. The number of nitrogens with zero attached hydrogens (tertiary/aromatic N) is 3. The average Bonchev–Trinajstić information content (AvgIpc) is 2.94. The molecule has 0 spiro atoms. The lowest BCUT2D eigenvalue weighted by atomic mass is 10.1. The fourth-order valence-electron chi connectivity index (χ4n) is 2.24. The topological polar surface area (TPSA) is 68.0 Å². The lowest BCUT2D eigenvalue weighted by Crippen LogP contribution is -2.07. The third-order valence-electron chi connectivity index (χ3n) is 3.26. The van der Waals surface area contributed by atoms with Crippen molar-refractivity contribution in [1.29, 1.82) is 0 Å². The van der Waals surface area contributed by atoms with Gasteiger partial charge in [0.15, 0.2) is 5.69 Å². The van der Waals surface area contributed by atoms with Gasteiger partial charge in [-0.15, -0.1) is 5.10 Å². The number of aromatic nitrogens is 3. The van der Waals surface area contributed by atoms with E-state index < -0.39 is 5.97 Å². The highest BCUT2D eigenvalue weighted by Crippen LogP contribution is 2.23. The second-order valence-electron chi connectivity index (χ2n) is 4.71. The number of hydrogen-bond donors (Lipinski definition) is 1. The van der Waals surface area contributed by atoms with Gasteiger partial charge in [-0.3, -0.25) is 0 Å². The fourth-order valence-corrected chi connectivity index (χ4v) is 2.24. The van der Waals surface area contributed by atoms with Crippen molar-refractivity contribution >= 4 is 5.97 Å². The maximum atomic E-state index is 13.8. The summed E-state index contributed by atoms with van der Waals surface area (Å²) in [7, 11) is 0. The SMILES string of the molecule is O=C(O)c1nnn(Cc2ccccc2F)c1-c1ccccc1. The average molecular weight is 297 g/mol. The first-order valence-electron chi connectivity index (χ1n) is 6.62. The number of rotatable bonds is 4. The molecule has 1 N–H and O–H groups in total. The molecule has 0 saturated carbocycles. The second-order valence-corrected chi connectivity index (χ2v) is 4.71. The van der Waals surface area contributed by atoms with Crippen LogP contribution in [0.25, 0.3) is 11.3 Å². The summed E-state index contributed by atoms with van der Waals surface area (Å²) in [6.07, 6.45) is 0. The molecule has 3 aromatic rings. The van der Waals surface area contributed by atoms with Gasteiger partial charge < -0.3 is 5.11 Å². The van der Waals surface area contributed by atoms with Crippen LogP contribution in [0.15, 0.2) is 54.6 Å². The molecule has 2 aromatic carbocycles. The van der Waals surface area contributed by atoms with Crippen LogP contribution in [0.1, 0.15) is 16.1 Å². The first kappa shape index (κ1) is 13.9. The molecule has 0 unspecified atom stereocenters. The van der Waals surface area contributed by atoms with Crippen molar-refractivity contribution < 1.29 is 14.3 Å². The van der Waals surface area contributed by atoms with E-state index in [1.54, 1.807) is 42.5 Å². The molecular formula is C16H12FN3O2. The van der Waals surface area contributed by atoms with Crippen molar-refractivity contribution in [2.45, 2.75) is 6.54 Å². The molecule has 0 aliphatic rings. The van der Waals surface area contributed by atoms with E-state index in [9.17, 15) is 14.3 Å². The van der Waals surface area contributed by atoms with Crippen molar-refractivity contribution in [3.63, 3.8) is 0 Å². The first-order chi connectivity index (χ1) is 10.7. The summed E-state index contributed by atoms with van der Waals surface area (Å²) in [5, 5.41) is 16.8. The highest BCUT2D eigenvalue weighted by molar-refractivity contribution is 5.92. The predicted molar refractivity (Wildman–Crippen MR) is 77.9 cm³/mol. The minimum Gasteiger partial charge on any atom is -0.476 e. The molecule has 0 radical (unpaired) electrons. The summed E-state index contributed by atoms with van der Waals surface area (Å²) < 4.78 is 15.2. The van der Waals surface area contributed by atoms with Crippen molar-refractivity contribution in [3.8, 4) is 11.3 Å². The minimum atomic E-state index is -1.17. The molecule has 3 rings (SSSR count). The van der Waals surface area contributed by atoms with E-state index in [-0.39, 0.29) is 18.1 Å². The van der Waals surface area contributed by atoms with Gasteiger partial charge >= 0.3 is 5.97 Å². The van der Waals surface area contributed by atoms with E-state index in [0.29, 0.717) is 16.8 Å². The van der Waals surface area contributed by atoms with E-state index in [4.69, 9.17) is 0 Å². The van der Waals surface area contributed by atoms with Crippen molar-refractivity contribution in [2.24, 2.45) is 0 Å². The molecule has 0 atom stereocenters. The Hall–Kier alpha value is -3.02. The molecule has 5 nitrogen and oxygen atoms in total. The Kier molecular flexibility index (Phi) is 3.65. The van der Waals surface area contributed by atoms with Crippen LogP contribution in [-0.2, 0) is 6.54 Å². The maximum absolute atomic E-state index is 13.8. The number of carboxylic acids is 1. The van der Waals surface area contributed by atoms with Crippen LogP contribution in [0.3, 0.4) is 0 Å². The normalized spacial score (nSPS) is 10.6. The summed E-state index contributed by atoms with van der Waals surface area (Å²) in [6, 6.07) is 15.2. The van der Waals surface area contributed by atoms with Gasteiger partial charge in [0.25, 0.3) is 0 Å². The molecule has 0 saturated heterocycles. The molecule has 0 aliphatic carbocycles. The molecule has 6 heteroatoms. The summed E-state index contributed by atoms with van der Waals surface area (Å²) >= 11 is 0. The summed E-state index contributed by atoms with van der Waals surface area (Å²) in [5.41, 5.74) is 1.29. The minimum absolute atomic E-state index is 0.108. The van der Waals surface area contributed by atoms with E-state index in [1.165, 1.54) is 10.7 Å². The smallest absolute Gasteiger partial charge is 0.358 e. The zero-order valence-corrected chi connectivity index (χ0v) is 11.5. The Labute approximate surface area is 125 Å². The quantitative estimate of drug-likeness (QED) is 0.804. The Morgan fingerprint density at radius 2 is 1.77 bits per heavy atom. The van der Waals surface area contributed by atoms with Gasteiger partial charge in [-0.2, -0.15) is 0 Å². The number of carbonyl (C=O) groups is 1. The van der Waals surface area contributed by atoms with E-state index in [0.717, 1.165) is 0 Å². The van der Waals surface area contributed by atoms with Crippen molar-refractivity contribution in [3.05, 3.63) is 71.7 Å². The molecule has 110 valence electrons. The third kappa shape index (κ3) is 2.58. The van der Waals surface area contributed by atoms with Crippen LogP contribution in [-0.4, -0.2) is 26.1 Å². The Morgan fingerprint density at radius 3 is 2.45 bits per heavy atom. The summed E-state index contributed by atoms with van der Waals surface area (Å²) in [4.78, 5) is 11.3. The highest BCUT2D eigenvalue weighted by Gasteiger charge is 2.21. The molecule has 1 heterocycles. The van der Waals surface area contributed by atoms with E-state index in [1.807, 2.05) is 6.07 Å². The van der Waals surface area contributed by atoms with Crippen LogP contribution in [0.2, 0.25) is 0 Å². The second kappa shape index (κ2) is 5.77.